The van der Waals surface area contributed by atoms with E-state index in [-0.39, 0.29) is 22.5 Å². The van der Waals surface area contributed by atoms with Crippen LogP contribution in [-0.2, 0) is 17.5 Å². The Bertz CT molecular complexity index is 829. The maximum absolute atomic E-state index is 13.0. The lowest BCUT2D eigenvalue weighted by atomic mass is 9.95. The zero-order chi connectivity index (χ0) is 20.3. The van der Waals surface area contributed by atoms with Crippen LogP contribution in [0.4, 0.5) is 18.9 Å². The van der Waals surface area contributed by atoms with Gasteiger partial charge in [0, 0.05) is 18.2 Å². The van der Waals surface area contributed by atoms with E-state index in [9.17, 15) is 18.0 Å². The van der Waals surface area contributed by atoms with Gasteiger partial charge >= 0.3 is 6.18 Å². The number of piperidine rings is 1. The number of amides is 1. The molecule has 0 bridgehead atoms. The molecule has 3 rings (SSSR count). The molecule has 1 saturated heterocycles. The van der Waals surface area contributed by atoms with Crippen molar-refractivity contribution in [3.63, 3.8) is 0 Å². The maximum Gasteiger partial charge on any atom is 0.417 e. The van der Waals surface area contributed by atoms with E-state index in [1.54, 1.807) is 0 Å². The van der Waals surface area contributed by atoms with Crippen molar-refractivity contribution in [3.8, 4) is 0 Å². The molecule has 2 aromatic carbocycles. The molecular weight excluding hydrogens is 389 g/mol. The summed E-state index contributed by atoms with van der Waals surface area (Å²) in [6.07, 6.45) is -3.20. The van der Waals surface area contributed by atoms with Crippen LogP contribution in [0.1, 0.15) is 29.5 Å². The predicted octanol–water partition coefficient (Wildman–Crippen LogP) is 5.52. The molecule has 0 atom stereocenters. The van der Waals surface area contributed by atoms with Crippen molar-refractivity contribution >= 4 is 23.2 Å². The highest BCUT2D eigenvalue weighted by Crippen LogP contribution is 2.36. The molecule has 0 spiro atoms. The molecule has 1 amide bonds. The predicted molar refractivity (Wildman–Crippen MR) is 104 cm³/mol. The lowest BCUT2D eigenvalue weighted by molar-refractivity contribution is -0.137. The summed E-state index contributed by atoms with van der Waals surface area (Å²) in [5.74, 6) is -0.454. The van der Waals surface area contributed by atoms with Crippen molar-refractivity contribution in [1.29, 1.82) is 0 Å². The highest BCUT2D eigenvalue weighted by atomic mass is 35.5. The lowest BCUT2D eigenvalue weighted by Gasteiger charge is -2.31. The van der Waals surface area contributed by atoms with Crippen LogP contribution in [0.25, 0.3) is 0 Å². The summed E-state index contributed by atoms with van der Waals surface area (Å²) in [5, 5.41) is 2.23. The molecular formula is C21H22ClF3N2O. The van der Waals surface area contributed by atoms with Crippen molar-refractivity contribution in [2.75, 3.05) is 18.4 Å². The maximum atomic E-state index is 13.0. The highest BCUT2D eigenvalue weighted by molar-refractivity contribution is 6.31. The Balaban J connectivity index is 1.55. The number of hydrogen-bond donors (Lipinski definition) is 1. The third-order valence-electron chi connectivity index (χ3n) is 5.02. The molecule has 0 saturated carbocycles. The van der Waals surface area contributed by atoms with Gasteiger partial charge in [-0.15, -0.1) is 0 Å². The number of nitrogens with zero attached hydrogens (tertiary/aromatic N) is 1. The van der Waals surface area contributed by atoms with Gasteiger partial charge in [-0.1, -0.05) is 41.4 Å². The number of nitrogens with one attached hydrogen (secondary N) is 1. The Morgan fingerprint density at radius 2 is 1.79 bits per heavy atom. The summed E-state index contributed by atoms with van der Waals surface area (Å²) in [7, 11) is 0. The molecule has 150 valence electrons. The van der Waals surface area contributed by atoms with E-state index < -0.39 is 11.7 Å². The van der Waals surface area contributed by atoms with Crippen molar-refractivity contribution in [3.05, 3.63) is 64.2 Å². The summed E-state index contributed by atoms with van der Waals surface area (Å²) in [4.78, 5) is 14.8. The number of likely N-dealkylation sites (tertiary alicyclic amines) is 1. The van der Waals surface area contributed by atoms with E-state index >= 15 is 0 Å². The Morgan fingerprint density at radius 1 is 1.14 bits per heavy atom. The fourth-order valence-electron chi connectivity index (χ4n) is 3.37. The van der Waals surface area contributed by atoms with Gasteiger partial charge in [-0.2, -0.15) is 13.2 Å². The lowest BCUT2D eigenvalue weighted by Crippen LogP contribution is -2.37. The monoisotopic (exact) mass is 410 g/mol. The van der Waals surface area contributed by atoms with E-state index in [0.717, 1.165) is 31.8 Å². The van der Waals surface area contributed by atoms with Crippen LogP contribution in [0.2, 0.25) is 5.02 Å². The van der Waals surface area contributed by atoms with Crippen LogP contribution in [0.15, 0.2) is 42.5 Å². The second-order valence-corrected chi connectivity index (χ2v) is 7.62. The molecule has 2 aromatic rings. The number of aryl methyl sites for hydroxylation is 1. The minimum absolute atomic E-state index is 0.115. The first kappa shape index (κ1) is 20.7. The second-order valence-electron chi connectivity index (χ2n) is 7.22. The van der Waals surface area contributed by atoms with Gasteiger partial charge in [-0.05, 0) is 56.6 Å². The number of alkyl halides is 3. The van der Waals surface area contributed by atoms with Crippen LogP contribution in [-0.4, -0.2) is 23.9 Å². The summed E-state index contributed by atoms with van der Waals surface area (Å²) >= 11 is 5.62. The summed E-state index contributed by atoms with van der Waals surface area (Å²) in [6, 6.07) is 11.8. The summed E-state index contributed by atoms with van der Waals surface area (Å²) in [5.41, 5.74) is 1.62. The third kappa shape index (κ3) is 5.26. The first-order valence-electron chi connectivity index (χ1n) is 9.18. The van der Waals surface area contributed by atoms with Crippen LogP contribution >= 0.6 is 11.6 Å². The Morgan fingerprint density at radius 3 is 2.39 bits per heavy atom. The molecule has 0 aromatic heterocycles. The second kappa shape index (κ2) is 8.53. The number of carbonyl (C=O) groups is 1. The molecule has 0 unspecified atom stereocenters. The first-order valence-corrected chi connectivity index (χ1v) is 9.55. The number of carbonyl (C=O) groups excluding carboxylic acids is 1. The van der Waals surface area contributed by atoms with Crippen molar-refractivity contribution in [2.45, 2.75) is 32.5 Å². The average Bonchev–Trinajstić information content (AvgIpc) is 2.65. The van der Waals surface area contributed by atoms with Crippen LogP contribution in [0.5, 0.6) is 0 Å². The molecule has 0 radical (unpaired) electrons. The van der Waals surface area contributed by atoms with Gasteiger partial charge in [0.15, 0.2) is 0 Å². The van der Waals surface area contributed by atoms with E-state index in [1.165, 1.54) is 17.2 Å². The fraction of sp³-hybridized carbons (Fsp3) is 0.381. The number of benzene rings is 2. The van der Waals surface area contributed by atoms with Gasteiger partial charge in [0.25, 0.3) is 0 Å². The summed E-state index contributed by atoms with van der Waals surface area (Å²) in [6.45, 7) is 4.44. The summed E-state index contributed by atoms with van der Waals surface area (Å²) < 4.78 is 38.9. The fourth-order valence-corrected chi connectivity index (χ4v) is 3.59. The van der Waals surface area contributed by atoms with Crippen molar-refractivity contribution < 1.29 is 18.0 Å². The molecule has 1 aliphatic heterocycles. The molecule has 1 aliphatic rings. The van der Waals surface area contributed by atoms with Gasteiger partial charge in [0.1, 0.15) is 0 Å². The normalized spacial score (nSPS) is 16.2. The first-order chi connectivity index (χ1) is 13.2. The third-order valence-corrected chi connectivity index (χ3v) is 5.35. The zero-order valence-electron chi connectivity index (χ0n) is 15.5. The highest BCUT2D eigenvalue weighted by Gasteiger charge is 2.33. The van der Waals surface area contributed by atoms with Gasteiger partial charge in [0.2, 0.25) is 5.91 Å². The number of anilines is 1. The zero-order valence-corrected chi connectivity index (χ0v) is 16.3. The molecule has 3 nitrogen and oxygen atoms in total. The van der Waals surface area contributed by atoms with Crippen LogP contribution in [0, 0.1) is 12.8 Å². The van der Waals surface area contributed by atoms with Crippen molar-refractivity contribution in [2.24, 2.45) is 5.92 Å². The molecule has 7 heteroatoms. The smallest absolute Gasteiger partial charge is 0.326 e. The molecule has 1 N–H and O–H groups in total. The van der Waals surface area contributed by atoms with E-state index in [2.05, 4.69) is 34.5 Å². The van der Waals surface area contributed by atoms with Gasteiger partial charge < -0.3 is 5.32 Å². The minimum atomic E-state index is -4.56. The quantitative estimate of drug-likeness (QED) is 0.720. The molecule has 1 fully saturated rings. The Hall–Kier alpha value is -2.05. The number of rotatable bonds is 4. The number of halogens is 4. The standard InChI is InChI=1S/C21H22ClF3N2O/c1-14-2-4-15(5-3-14)13-27-10-8-16(9-11-27)20(28)26-17-6-7-19(22)18(12-17)21(23,24)25/h2-7,12,16H,8-11,13H2,1H3,(H,26,28). The van der Waals surface area contributed by atoms with E-state index in [0.29, 0.717) is 12.8 Å². The van der Waals surface area contributed by atoms with E-state index in [4.69, 9.17) is 11.6 Å². The Labute approximate surface area is 167 Å². The van der Waals surface area contributed by atoms with Gasteiger partial charge in [-0.3, -0.25) is 9.69 Å². The molecule has 28 heavy (non-hydrogen) atoms. The average molecular weight is 411 g/mol. The van der Waals surface area contributed by atoms with Gasteiger partial charge in [-0.25, -0.2) is 0 Å². The largest absolute Gasteiger partial charge is 0.417 e. The van der Waals surface area contributed by atoms with E-state index in [1.807, 2.05) is 6.92 Å². The van der Waals surface area contributed by atoms with Crippen molar-refractivity contribution in [1.82, 2.24) is 4.90 Å². The molecule has 1 heterocycles. The van der Waals surface area contributed by atoms with Crippen LogP contribution in [0.3, 0.4) is 0 Å². The number of hydrogen-bond acceptors (Lipinski definition) is 2. The van der Waals surface area contributed by atoms with Gasteiger partial charge in [0.05, 0.1) is 10.6 Å². The topological polar surface area (TPSA) is 32.3 Å². The SMILES string of the molecule is Cc1ccc(CN2CCC(C(=O)Nc3ccc(Cl)c(C(F)(F)F)c3)CC2)cc1. The minimum Gasteiger partial charge on any atom is -0.326 e. The molecule has 0 aliphatic carbocycles. The Kier molecular flexibility index (Phi) is 6.30. The van der Waals surface area contributed by atoms with Crippen LogP contribution < -0.4 is 5.32 Å².